The summed E-state index contributed by atoms with van der Waals surface area (Å²) in [7, 11) is 0. The number of nitrogens with one attached hydrogen (secondary N) is 1. The summed E-state index contributed by atoms with van der Waals surface area (Å²) in [4.78, 5) is 23.8. The molecule has 2 aromatic carbocycles. The molecule has 6 nitrogen and oxygen atoms in total. The molecule has 0 amide bonds. The van der Waals surface area contributed by atoms with Gasteiger partial charge < -0.3 is 19.5 Å². The van der Waals surface area contributed by atoms with Gasteiger partial charge in [-0.15, -0.1) is 0 Å². The van der Waals surface area contributed by atoms with Gasteiger partial charge in [-0.3, -0.25) is 0 Å². The summed E-state index contributed by atoms with van der Waals surface area (Å²) < 4.78 is 55.7. The highest BCUT2D eigenvalue weighted by Crippen LogP contribution is 2.38. The van der Waals surface area contributed by atoms with Gasteiger partial charge in [0.2, 0.25) is 0 Å². The standard InChI is InChI=1S/C20H16F3NO5/c1-19(2)28-17(25)14(18(26)29-19)11-24-16-9-8-13(10-15(16)20(21,22)23)27-12-6-4-3-5-7-12/h3-11,24H,1-2H3. The van der Waals surface area contributed by atoms with Crippen LogP contribution in [-0.2, 0) is 25.2 Å². The monoisotopic (exact) mass is 407 g/mol. The number of para-hydroxylation sites is 1. The molecule has 0 aliphatic carbocycles. The van der Waals surface area contributed by atoms with Gasteiger partial charge in [-0.05, 0) is 30.3 Å². The SMILES string of the molecule is CC1(C)OC(=O)C(=CNc2ccc(Oc3ccccc3)cc2C(F)(F)F)C(=O)O1. The first-order valence-electron chi connectivity index (χ1n) is 8.43. The van der Waals surface area contributed by atoms with Crippen LogP contribution >= 0.6 is 0 Å². The third-order valence-electron chi connectivity index (χ3n) is 3.76. The molecule has 0 aromatic heterocycles. The van der Waals surface area contributed by atoms with Crippen molar-refractivity contribution in [2.45, 2.75) is 25.8 Å². The van der Waals surface area contributed by atoms with E-state index in [9.17, 15) is 22.8 Å². The van der Waals surface area contributed by atoms with Gasteiger partial charge in [-0.2, -0.15) is 13.2 Å². The van der Waals surface area contributed by atoms with Gasteiger partial charge in [-0.25, -0.2) is 9.59 Å². The maximum absolute atomic E-state index is 13.5. The molecule has 1 fully saturated rings. The summed E-state index contributed by atoms with van der Waals surface area (Å²) in [5.41, 5.74) is -1.97. The van der Waals surface area contributed by atoms with Crippen LogP contribution in [0, 0.1) is 0 Å². The van der Waals surface area contributed by atoms with Crippen LogP contribution < -0.4 is 10.1 Å². The van der Waals surface area contributed by atoms with Crippen LogP contribution in [0.25, 0.3) is 0 Å². The van der Waals surface area contributed by atoms with Crippen molar-refractivity contribution in [2.24, 2.45) is 0 Å². The fourth-order valence-electron chi connectivity index (χ4n) is 2.50. The predicted molar refractivity (Wildman–Crippen MR) is 95.9 cm³/mol. The van der Waals surface area contributed by atoms with Crippen molar-refractivity contribution in [2.75, 3.05) is 5.32 Å². The lowest BCUT2D eigenvalue weighted by Gasteiger charge is -2.29. The second-order valence-electron chi connectivity index (χ2n) is 6.50. The summed E-state index contributed by atoms with van der Waals surface area (Å²) in [5, 5.41) is 2.33. The van der Waals surface area contributed by atoms with E-state index in [4.69, 9.17) is 14.2 Å². The third kappa shape index (κ3) is 4.87. The van der Waals surface area contributed by atoms with Crippen molar-refractivity contribution in [1.29, 1.82) is 0 Å². The zero-order valence-corrected chi connectivity index (χ0v) is 15.4. The fraction of sp³-hybridized carbons (Fsp3) is 0.200. The Morgan fingerprint density at radius 1 is 0.966 bits per heavy atom. The molecular weight excluding hydrogens is 391 g/mol. The van der Waals surface area contributed by atoms with Crippen molar-refractivity contribution in [1.82, 2.24) is 0 Å². The number of ether oxygens (including phenoxy) is 3. The largest absolute Gasteiger partial charge is 0.457 e. The number of halogens is 3. The van der Waals surface area contributed by atoms with Gasteiger partial charge in [0.25, 0.3) is 5.79 Å². The maximum atomic E-state index is 13.5. The smallest absolute Gasteiger partial charge is 0.418 e. The highest BCUT2D eigenvalue weighted by atomic mass is 19.4. The summed E-state index contributed by atoms with van der Waals surface area (Å²) in [6.07, 6.45) is -3.89. The number of esters is 2. The lowest BCUT2D eigenvalue weighted by atomic mass is 10.1. The first kappa shape index (κ1) is 20.2. The minimum absolute atomic E-state index is 0.0278. The van der Waals surface area contributed by atoms with Crippen LogP contribution in [0.1, 0.15) is 19.4 Å². The highest BCUT2D eigenvalue weighted by molar-refractivity contribution is 6.15. The van der Waals surface area contributed by atoms with Gasteiger partial charge in [0, 0.05) is 20.0 Å². The second kappa shape index (κ2) is 7.50. The Morgan fingerprint density at radius 3 is 2.17 bits per heavy atom. The van der Waals surface area contributed by atoms with Crippen molar-refractivity contribution in [3.05, 3.63) is 65.9 Å². The van der Waals surface area contributed by atoms with Crippen molar-refractivity contribution in [3.63, 3.8) is 0 Å². The number of rotatable bonds is 4. The average molecular weight is 407 g/mol. The summed E-state index contributed by atoms with van der Waals surface area (Å²) in [5.74, 6) is -3.11. The summed E-state index contributed by atoms with van der Waals surface area (Å²) in [6, 6.07) is 11.6. The fourth-order valence-corrected chi connectivity index (χ4v) is 2.50. The molecular formula is C20H16F3NO5. The topological polar surface area (TPSA) is 73.9 Å². The molecule has 0 unspecified atom stereocenters. The maximum Gasteiger partial charge on any atom is 0.418 e. The Bertz CT molecular complexity index is 946. The van der Waals surface area contributed by atoms with Gasteiger partial charge >= 0.3 is 18.1 Å². The molecule has 1 aliphatic rings. The van der Waals surface area contributed by atoms with Crippen molar-refractivity contribution < 1.29 is 37.0 Å². The van der Waals surface area contributed by atoms with Crippen LogP contribution in [0.5, 0.6) is 11.5 Å². The Morgan fingerprint density at radius 2 is 1.59 bits per heavy atom. The molecule has 0 atom stereocenters. The summed E-state index contributed by atoms with van der Waals surface area (Å²) >= 11 is 0. The lowest BCUT2D eigenvalue weighted by Crippen LogP contribution is -2.42. The minimum atomic E-state index is -4.72. The first-order chi connectivity index (χ1) is 13.5. The van der Waals surface area contributed by atoms with Crippen LogP contribution in [0.15, 0.2) is 60.3 Å². The quantitative estimate of drug-likeness (QED) is 0.453. The molecule has 0 spiro atoms. The summed E-state index contributed by atoms with van der Waals surface area (Å²) in [6.45, 7) is 2.72. The van der Waals surface area contributed by atoms with E-state index in [1.54, 1.807) is 30.3 Å². The van der Waals surface area contributed by atoms with Crippen LogP contribution in [0.3, 0.4) is 0 Å². The van der Waals surface area contributed by atoms with E-state index in [1.807, 2.05) is 0 Å². The van der Waals surface area contributed by atoms with E-state index in [0.717, 1.165) is 18.3 Å². The van der Waals surface area contributed by atoms with E-state index in [2.05, 4.69) is 5.32 Å². The molecule has 0 bridgehead atoms. The van der Waals surface area contributed by atoms with E-state index in [0.29, 0.717) is 5.75 Å². The Labute approximate surface area is 163 Å². The third-order valence-corrected chi connectivity index (χ3v) is 3.76. The zero-order valence-electron chi connectivity index (χ0n) is 15.4. The van der Waals surface area contributed by atoms with E-state index in [-0.39, 0.29) is 11.4 Å². The lowest BCUT2D eigenvalue weighted by molar-refractivity contribution is -0.222. The normalized spacial score (nSPS) is 16.0. The second-order valence-corrected chi connectivity index (χ2v) is 6.50. The van der Waals surface area contributed by atoms with Gasteiger partial charge in [0.05, 0.1) is 11.3 Å². The molecule has 29 heavy (non-hydrogen) atoms. The van der Waals surface area contributed by atoms with E-state index in [1.165, 1.54) is 19.9 Å². The number of hydrogen-bond acceptors (Lipinski definition) is 6. The highest BCUT2D eigenvalue weighted by Gasteiger charge is 2.39. The zero-order chi connectivity index (χ0) is 21.2. The number of hydrogen-bond donors (Lipinski definition) is 1. The number of carbonyl (C=O) groups excluding carboxylic acids is 2. The molecule has 3 rings (SSSR count). The van der Waals surface area contributed by atoms with E-state index < -0.39 is 35.0 Å². The molecule has 0 radical (unpaired) electrons. The Balaban J connectivity index is 1.87. The number of alkyl halides is 3. The molecule has 9 heteroatoms. The predicted octanol–water partition coefficient (Wildman–Crippen LogP) is 4.63. The molecule has 2 aromatic rings. The van der Waals surface area contributed by atoms with Gasteiger partial charge in [0.15, 0.2) is 5.57 Å². The Hall–Kier alpha value is -3.49. The van der Waals surface area contributed by atoms with Crippen molar-refractivity contribution >= 4 is 17.6 Å². The average Bonchev–Trinajstić information content (AvgIpc) is 2.61. The molecule has 1 saturated heterocycles. The molecule has 1 aliphatic heterocycles. The molecule has 1 heterocycles. The first-order valence-corrected chi connectivity index (χ1v) is 8.43. The van der Waals surface area contributed by atoms with Crippen LogP contribution in [0.2, 0.25) is 0 Å². The molecule has 0 saturated carbocycles. The number of benzene rings is 2. The van der Waals surface area contributed by atoms with E-state index >= 15 is 0 Å². The van der Waals surface area contributed by atoms with Crippen LogP contribution in [0.4, 0.5) is 18.9 Å². The van der Waals surface area contributed by atoms with Gasteiger partial charge in [-0.1, -0.05) is 18.2 Å². The minimum Gasteiger partial charge on any atom is -0.457 e. The molecule has 1 N–H and O–H groups in total. The number of cyclic esters (lactones) is 2. The van der Waals surface area contributed by atoms with Crippen LogP contribution in [-0.4, -0.2) is 17.7 Å². The van der Waals surface area contributed by atoms with Crippen molar-refractivity contribution in [3.8, 4) is 11.5 Å². The number of carbonyl (C=O) groups is 2. The Kier molecular flexibility index (Phi) is 5.23. The molecule has 152 valence electrons. The number of anilines is 1. The van der Waals surface area contributed by atoms with Gasteiger partial charge in [0.1, 0.15) is 11.5 Å².